The number of ether oxygens (including phenoxy) is 1. The SMILES string of the molecule is C=C(Cl)/C=C(/N)C(=CC)C(=O)OC. The Hall–Kier alpha value is -1.22. The molecule has 4 heteroatoms. The standard InChI is InChI=1S/C9H12ClNO2/c1-4-7(9(12)13-3)8(11)5-6(2)10/h4-5H,2,11H2,1,3H3/b7-4?,8-5+. The van der Waals surface area contributed by atoms with E-state index in [1.807, 2.05) is 0 Å². The van der Waals surface area contributed by atoms with Gasteiger partial charge in [-0.25, -0.2) is 4.79 Å². The van der Waals surface area contributed by atoms with Crippen LogP contribution in [0.1, 0.15) is 6.92 Å². The van der Waals surface area contributed by atoms with Crippen LogP contribution in [0.25, 0.3) is 0 Å². The Morgan fingerprint density at radius 2 is 2.15 bits per heavy atom. The summed E-state index contributed by atoms with van der Waals surface area (Å²) in [5, 5.41) is 0.265. The molecule has 0 bridgehead atoms. The maximum Gasteiger partial charge on any atom is 0.339 e. The Balaban J connectivity index is 4.81. The average molecular weight is 202 g/mol. The van der Waals surface area contributed by atoms with Gasteiger partial charge in [-0.1, -0.05) is 24.3 Å². The predicted molar refractivity (Wildman–Crippen MR) is 53.0 cm³/mol. The molecule has 0 heterocycles. The zero-order valence-corrected chi connectivity index (χ0v) is 8.39. The summed E-state index contributed by atoms with van der Waals surface area (Å²) in [7, 11) is 1.29. The maximum absolute atomic E-state index is 11.1. The van der Waals surface area contributed by atoms with Crippen LogP contribution in [0.2, 0.25) is 0 Å². The first-order valence-corrected chi connectivity index (χ1v) is 3.97. The Kier molecular flexibility index (Phi) is 4.92. The van der Waals surface area contributed by atoms with Crippen molar-refractivity contribution in [3.8, 4) is 0 Å². The lowest BCUT2D eigenvalue weighted by Gasteiger charge is -2.04. The molecule has 0 aliphatic rings. The quantitative estimate of drug-likeness (QED) is 0.430. The summed E-state index contributed by atoms with van der Waals surface area (Å²) in [6, 6.07) is 0. The van der Waals surface area contributed by atoms with E-state index in [2.05, 4.69) is 11.3 Å². The molecule has 0 fully saturated rings. The molecule has 0 aliphatic carbocycles. The summed E-state index contributed by atoms with van der Waals surface area (Å²) in [5.74, 6) is -0.492. The van der Waals surface area contributed by atoms with Gasteiger partial charge in [0.2, 0.25) is 0 Å². The monoisotopic (exact) mass is 201 g/mol. The van der Waals surface area contributed by atoms with Crippen molar-refractivity contribution >= 4 is 17.6 Å². The smallest absolute Gasteiger partial charge is 0.339 e. The first-order valence-electron chi connectivity index (χ1n) is 3.59. The lowest BCUT2D eigenvalue weighted by molar-refractivity contribution is -0.135. The van der Waals surface area contributed by atoms with Crippen LogP contribution in [-0.4, -0.2) is 13.1 Å². The van der Waals surface area contributed by atoms with Gasteiger partial charge in [0.05, 0.1) is 12.7 Å². The summed E-state index contributed by atoms with van der Waals surface area (Å²) < 4.78 is 4.51. The molecule has 0 saturated heterocycles. The third-order valence-corrected chi connectivity index (χ3v) is 1.43. The van der Waals surface area contributed by atoms with Crippen LogP contribution in [0.4, 0.5) is 0 Å². The molecule has 0 unspecified atom stereocenters. The van der Waals surface area contributed by atoms with Gasteiger partial charge in [-0.15, -0.1) is 0 Å². The van der Waals surface area contributed by atoms with Gasteiger partial charge in [0.25, 0.3) is 0 Å². The van der Waals surface area contributed by atoms with E-state index in [0.29, 0.717) is 0 Å². The lowest BCUT2D eigenvalue weighted by Crippen LogP contribution is -2.12. The fraction of sp³-hybridized carbons (Fsp3) is 0.222. The zero-order chi connectivity index (χ0) is 10.4. The number of carbonyl (C=O) groups is 1. The van der Waals surface area contributed by atoms with Gasteiger partial charge in [-0.3, -0.25) is 0 Å². The van der Waals surface area contributed by atoms with Crippen LogP contribution in [0, 0.1) is 0 Å². The molecule has 0 amide bonds. The topological polar surface area (TPSA) is 52.3 Å². The van der Waals surface area contributed by atoms with Gasteiger partial charge in [0.15, 0.2) is 0 Å². The van der Waals surface area contributed by atoms with Gasteiger partial charge >= 0.3 is 5.97 Å². The summed E-state index contributed by atoms with van der Waals surface area (Å²) in [4.78, 5) is 11.1. The number of carbonyl (C=O) groups excluding carboxylic acids is 1. The molecule has 0 saturated carbocycles. The molecular formula is C9H12ClNO2. The van der Waals surface area contributed by atoms with E-state index >= 15 is 0 Å². The Bertz CT molecular complexity index is 279. The van der Waals surface area contributed by atoms with E-state index in [-0.39, 0.29) is 16.3 Å². The highest BCUT2D eigenvalue weighted by Crippen LogP contribution is 2.10. The highest BCUT2D eigenvalue weighted by atomic mass is 35.5. The number of allylic oxidation sites excluding steroid dienone is 3. The number of esters is 1. The van der Waals surface area contributed by atoms with E-state index in [1.165, 1.54) is 13.2 Å². The molecule has 0 radical (unpaired) electrons. The number of hydrogen-bond acceptors (Lipinski definition) is 3. The second-order valence-electron chi connectivity index (χ2n) is 2.24. The minimum atomic E-state index is -0.492. The molecule has 0 spiro atoms. The fourth-order valence-corrected chi connectivity index (χ4v) is 0.876. The van der Waals surface area contributed by atoms with Crippen LogP contribution in [0.3, 0.4) is 0 Å². The van der Waals surface area contributed by atoms with E-state index in [4.69, 9.17) is 17.3 Å². The molecule has 0 aromatic carbocycles. The third kappa shape index (κ3) is 3.80. The van der Waals surface area contributed by atoms with Crippen molar-refractivity contribution in [2.45, 2.75) is 6.92 Å². The second kappa shape index (κ2) is 5.43. The van der Waals surface area contributed by atoms with E-state index < -0.39 is 5.97 Å². The van der Waals surface area contributed by atoms with Crippen molar-refractivity contribution in [1.29, 1.82) is 0 Å². The van der Waals surface area contributed by atoms with Gasteiger partial charge in [-0.05, 0) is 13.0 Å². The molecular weight excluding hydrogens is 190 g/mol. The van der Waals surface area contributed by atoms with Gasteiger partial charge in [-0.2, -0.15) is 0 Å². The number of halogens is 1. The third-order valence-electron chi connectivity index (χ3n) is 1.32. The molecule has 13 heavy (non-hydrogen) atoms. The van der Waals surface area contributed by atoms with E-state index in [9.17, 15) is 4.79 Å². The molecule has 0 rings (SSSR count). The van der Waals surface area contributed by atoms with Gasteiger partial charge in [0.1, 0.15) is 0 Å². The van der Waals surface area contributed by atoms with E-state index in [0.717, 1.165) is 0 Å². The number of nitrogens with two attached hydrogens (primary N) is 1. The van der Waals surface area contributed by atoms with Gasteiger partial charge in [0, 0.05) is 10.7 Å². The fourth-order valence-electron chi connectivity index (χ4n) is 0.759. The lowest BCUT2D eigenvalue weighted by atomic mass is 10.2. The van der Waals surface area contributed by atoms with Crippen molar-refractivity contribution in [2.24, 2.45) is 5.73 Å². The highest BCUT2D eigenvalue weighted by molar-refractivity contribution is 6.31. The molecule has 3 nitrogen and oxygen atoms in total. The van der Waals surface area contributed by atoms with Crippen LogP contribution >= 0.6 is 11.6 Å². The van der Waals surface area contributed by atoms with Crippen LogP contribution < -0.4 is 5.73 Å². The number of methoxy groups -OCH3 is 1. The normalized spacial score (nSPS) is 12.5. The van der Waals surface area contributed by atoms with Gasteiger partial charge < -0.3 is 10.5 Å². The summed E-state index contributed by atoms with van der Waals surface area (Å²) in [5.41, 5.74) is 6.08. The Morgan fingerprint density at radius 1 is 1.62 bits per heavy atom. The molecule has 72 valence electrons. The minimum Gasteiger partial charge on any atom is -0.465 e. The van der Waals surface area contributed by atoms with Crippen molar-refractivity contribution in [2.75, 3.05) is 7.11 Å². The Labute approximate surface area is 82.5 Å². The first kappa shape index (κ1) is 11.8. The van der Waals surface area contributed by atoms with Crippen LogP contribution in [0.5, 0.6) is 0 Å². The minimum absolute atomic E-state index is 0.245. The largest absolute Gasteiger partial charge is 0.465 e. The Morgan fingerprint density at radius 3 is 2.46 bits per heavy atom. The van der Waals surface area contributed by atoms with Crippen molar-refractivity contribution in [3.63, 3.8) is 0 Å². The average Bonchev–Trinajstić information content (AvgIpc) is 2.03. The molecule has 2 N–H and O–H groups in total. The predicted octanol–water partition coefficient (Wildman–Crippen LogP) is 1.70. The zero-order valence-electron chi connectivity index (χ0n) is 7.63. The van der Waals surface area contributed by atoms with Crippen LogP contribution in [0.15, 0.2) is 35.0 Å². The molecule has 0 atom stereocenters. The van der Waals surface area contributed by atoms with Crippen molar-refractivity contribution in [3.05, 3.63) is 35.0 Å². The molecule has 0 aliphatic heterocycles. The number of hydrogen-bond donors (Lipinski definition) is 1. The second-order valence-corrected chi connectivity index (χ2v) is 2.73. The number of rotatable bonds is 3. The van der Waals surface area contributed by atoms with Crippen molar-refractivity contribution < 1.29 is 9.53 Å². The summed E-state index contributed by atoms with van der Waals surface area (Å²) in [6.07, 6.45) is 2.95. The summed E-state index contributed by atoms with van der Waals surface area (Å²) >= 11 is 5.49. The van der Waals surface area contributed by atoms with E-state index in [1.54, 1.807) is 13.0 Å². The van der Waals surface area contributed by atoms with Crippen molar-refractivity contribution in [1.82, 2.24) is 0 Å². The summed E-state index contributed by atoms with van der Waals surface area (Å²) in [6.45, 7) is 5.11. The molecule has 0 aromatic rings. The molecule has 0 aromatic heterocycles. The first-order chi connectivity index (χ1) is 6.02. The highest BCUT2D eigenvalue weighted by Gasteiger charge is 2.10. The maximum atomic E-state index is 11.1. The van der Waals surface area contributed by atoms with Crippen LogP contribution in [-0.2, 0) is 9.53 Å².